The van der Waals surface area contributed by atoms with Crippen molar-refractivity contribution in [2.75, 3.05) is 18.9 Å². The fourth-order valence-corrected chi connectivity index (χ4v) is 3.30. The van der Waals surface area contributed by atoms with Crippen LogP contribution >= 0.6 is 0 Å². The number of carbonyl (C=O) groups excluding carboxylic acids is 2. The molecule has 0 saturated carbocycles. The quantitative estimate of drug-likeness (QED) is 0.362. The van der Waals surface area contributed by atoms with Gasteiger partial charge in [-0.25, -0.2) is 4.21 Å². The first kappa shape index (κ1) is 23.9. The molecule has 0 bridgehead atoms. The number of terminal acetylenes is 1. The molecule has 0 heterocycles. The van der Waals surface area contributed by atoms with Gasteiger partial charge in [0.1, 0.15) is 22.3 Å². The summed E-state index contributed by atoms with van der Waals surface area (Å²) in [5, 5.41) is -0.348. The maximum atomic E-state index is 12.4. The summed E-state index contributed by atoms with van der Waals surface area (Å²) >= 11 is 0. The molecule has 0 aliphatic rings. The maximum Gasteiger partial charge on any atom is 0.312 e. The predicted octanol–water partition coefficient (Wildman–Crippen LogP) is 4.32. The van der Waals surface area contributed by atoms with Gasteiger partial charge in [0, 0.05) is 31.7 Å². The van der Waals surface area contributed by atoms with Gasteiger partial charge in [-0.15, -0.1) is 12.3 Å². The van der Waals surface area contributed by atoms with Crippen molar-refractivity contribution in [3.63, 3.8) is 0 Å². The molecule has 0 N–H and O–H groups in total. The SMILES string of the molecule is C#CCCCCOc1ccc(CN(CCCCC(C)=O)C(=O)S(=O)CC)cc1. The van der Waals surface area contributed by atoms with Crippen LogP contribution in [0.1, 0.15) is 57.9 Å². The molecule has 0 fully saturated rings. The van der Waals surface area contributed by atoms with Crippen molar-refractivity contribution < 1.29 is 18.5 Å². The average molecular weight is 406 g/mol. The van der Waals surface area contributed by atoms with Crippen LogP contribution in [0, 0.1) is 12.3 Å². The summed E-state index contributed by atoms with van der Waals surface area (Å²) in [6.07, 6.45) is 9.80. The topological polar surface area (TPSA) is 63.7 Å². The Morgan fingerprint density at radius 2 is 1.86 bits per heavy atom. The maximum absolute atomic E-state index is 12.4. The third-order valence-electron chi connectivity index (χ3n) is 4.20. The second-order valence-corrected chi connectivity index (χ2v) is 8.25. The molecular formula is C22H31NO4S. The van der Waals surface area contributed by atoms with E-state index in [1.807, 2.05) is 24.3 Å². The van der Waals surface area contributed by atoms with Crippen molar-refractivity contribution in [3.8, 4) is 18.1 Å². The van der Waals surface area contributed by atoms with Crippen LogP contribution in [0.3, 0.4) is 0 Å². The van der Waals surface area contributed by atoms with E-state index < -0.39 is 10.8 Å². The Morgan fingerprint density at radius 1 is 1.14 bits per heavy atom. The molecule has 0 aliphatic carbocycles. The van der Waals surface area contributed by atoms with Crippen LogP contribution in [0.5, 0.6) is 5.75 Å². The summed E-state index contributed by atoms with van der Waals surface area (Å²) in [7, 11) is -1.52. The number of amides is 1. The molecule has 28 heavy (non-hydrogen) atoms. The van der Waals surface area contributed by atoms with E-state index in [0.29, 0.717) is 38.3 Å². The van der Waals surface area contributed by atoms with Crippen LogP contribution in [0.25, 0.3) is 0 Å². The lowest BCUT2D eigenvalue weighted by Crippen LogP contribution is -2.33. The molecule has 1 aromatic rings. The van der Waals surface area contributed by atoms with E-state index in [4.69, 9.17) is 11.2 Å². The summed E-state index contributed by atoms with van der Waals surface area (Å²) in [6.45, 7) is 4.81. The van der Waals surface area contributed by atoms with Gasteiger partial charge in [-0.05, 0) is 50.3 Å². The van der Waals surface area contributed by atoms with Crippen LogP contribution in [0.4, 0.5) is 4.79 Å². The Kier molecular flexibility index (Phi) is 11.9. The summed E-state index contributed by atoms with van der Waals surface area (Å²) < 4.78 is 17.7. The highest BCUT2D eigenvalue weighted by atomic mass is 32.2. The summed E-state index contributed by atoms with van der Waals surface area (Å²) in [5.41, 5.74) is 0.952. The third-order valence-corrected chi connectivity index (χ3v) is 5.38. The Bertz CT molecular complexity index is 679. The van der Waals surface area contributed by atoms with Crippen LogP contribution in [-0.4, -0.2) is 39.0 Å². The fourth-order valence-electron chi connectivity index (χ4n) is 2.61. The van der Waals surface area contributed by atoms with Gasteiger partial charge in [0.05, 0.1) is 6.61 Å². The van der Waals surface area contributed by atoms with Gasteiger partial charge >= 0.3 is 5.24 Å². The van der Waals surface area contributed by atoms with Gasteiger partial charge in [0.15, 0.2) is 0 Å². The van der Waals surface area contributed by atoms with E-state index in [1.165, 1.54) is 0 Å². The number of Topliss-reactive ketones (excluding diaryl/α,β-unsaturated/α-hetero) is 1. The molecule has 0 radical (unpaired) electrons. The standard InChI is InChI=1S/C22H31NO4S/c1-4-6-7-10-17-27-21-14-12-20(13-15-21)18-23(22(25)28(26)5-2)16-9-8-11-19(3)24/h1,12-15H,5-11,16-18H2,2-3H3. The van der Waals surface area contributed by atoms with Gasteiger partial charge in [-0.2, -0.15) is 0 Å². The summed E-state index contributed by atoms with van der Waals surface area (Å²) in [5.74, 6) is 3.83. The first-order valence-corrected chi connectivity index (χ1v) is 11.1. The van der Waals surface area contributed by atoms with Crippen molar-refractivity contribution in [2.24, 2.45) is 0 Å². The molecule has 6 heteroatoms. The highest BCUT2D eigenvalue weighted by Gasteiger charge is 2.19. The molecule has 0 aromatic heterocycles. The third kappa shape index (κ3) is 9.70. The normalized spacial score (nSPS) is 11.5. The molecule has 1 amide bonds. The molecule has 0 aliphatic heterocycles. The van der Waals surface area contributed by atoms with E-state index in [1.54, 1.807) is 18.7 Å². The number of rotatable bonds is 13. The Labute approximate surface area is 171 Å². The highest BCUT2D eigenvalue weighted by molar-refractivity contribution is 8.00. The first-order chi connectivity index (χ1) is 13.5. The number of hydrogen-bond acceptors (Lipinski definition) is 4. The van der Waals surface area contributed by atoms with Gasteiger partial charge in [-0.1, -0.05) is 19.1 Å². The summed E-state index contributed by atoms with van der Waals surface area (Å²) in [4.78, 5) is 25.1. The molecule has 1 aromatic carbocycles. The van der Waals surface area contributed by atoms with Crippen molar-refractivity contribution in [1.29, 1.82) is 0 Å². The fraction of sp³-hybridized carbons (Fsp3) is 0.545. The molecule has 0 saturated heterocycles. The van der Waals surface area contributed by atoms with Gasteiger partial charge in [0.2, 0.25) is 0 Å². The van der Waals surface area contributed by atoms with Gasteiger partial charge in [-0.3, -0.25) is 4.79 Å². The monoisotopic (exact) mass is 405 g/mol. The molecular weight excluding hydrogens is 374 g/mol. The minimum atomic E-state index is -1.52. The van der Waals surface area contributed by atoms with Crippen LogP contribution in [0.2, 0.25) is 0 Å². The highest BCUT2D eigenvalue weighted by Crippen LogP contribution is 2.16. The minimum Gasteiger partial charge on any atom is -0.494 e. The molecule has 5 nitrogen and oxygen atoms in total. The van der Waals surface area contributed by atoms with Crippen molar-refractivity contribution in [1.82, 2.24) is 4.90 Å². The number of benzene rings is 1. The van der Waals surface area contributed by atoms with Gasteiger partial charge in [0.25, 0.3) is 0 Å². The number of hydrogen-bond donors (Lipinski definition) is 0. The Hall–Kier alpha value is -2.13. The van der Waals surface area contributed by atoms with Crippen LogP contribution in [0.15, 0.2) is 24.3 Å². The molecule has 1 unspecified atom stereocenters. The largest absolute Gasteiger partial charge is 0.494 e. The van der Waals surface area contributed by atoms with Crippen LogP contribution in [-0.2, 0) is 22.1 Å². The second-order valence-electron chi connectivity index (χ2n) is 6.63. The Morgan fingerprint density at radius 3 is 2.46 bits per heavy atom. The number of nitrogens with zero attached hydrogens (tertiary/aromatic N) is 1. The van der Waals surface area contributed by atoms with Crippen molar-refractivity contribution in [2.45, 2.75) is 58.9 Å². The van der Waals surface area contributed by atoms with Gasteiger partial charge < -0.3 is 14.4 Å². The molecule has 0 spiro atoms. The zero-order chi connectivity index (χ0) is 20.8. The Balaban J connectivity index is 2.60. The lowest BCUT2D eigenvalue weighted by atomic mass is 10.1. The van der Waals surface area contributed by atoms with E-state index in [-0.39, 0.29) is 11.0 Å². The number of ketones is 1. The van der Waals surface area contributed by atoms with Crippen LogP contribution < -0.4 is 4.74 Å². The average Bonchev–Trinajstić information content (AvgIpc) is 2.69. The molecule has 154 valence electrons. The zero-order valence-corrected chi connectivity index (χ0v) is 17.8. The van der Waals surface area contributed by atoms with E-state index >= 15 is 0 Å². The molecule has 1 rings (SSSR count). The lowest BCUT2D eigenvalue weighted by molar-refractivity contribution is -0.117. The number of carbonyl (C=O) groups is 2. The number of ether oxygens (including phenoxy) is 1. The van der Waals surface area contributed by atoms with Crippen molar-refractivity contribution in [3.05, 3.63) is 29.8 Å². The molecule has 1 atom stereocenters. The van der Waals surface area contributed by atoms with E-state index in [9.17, 15) is 13.8 Å². The van der Waals surface area contributed by atoms with E-state index in [2.05, 4.69) is 5.92 Å². The van der Waals surface area contributed by atoms with E-state index in [0.717, 1.165) is 37.0 Å². The summed E-state index contributed by atoms with van der Waals surface area (Å²) in [6, 6.07) is 7.60. The van der Waals surface area contributed by atoms with Crippen molar-refractivity contribution >= 4 is 21.8 Å². The smallest absolute Gasteiger partial charge is 0.312 e. The second kappa shape index (κ2) is 14.0. The lowest BCUT2D eigenvalue weighted by Gasteiger charge is -2.22. The zero-order valence-electron chi connectivity index (χ0n) is 16.9. The minimum absolute atomic E-state index is 0.143. The first-order valence-electron chi connectivity index (χ1n) is 9.79. The number of unbranched alkanes of at least 4 members (excludes halogenated alkanes) is 3. The predicted molar refractivity (Wildman–Crippen MR) is 114 cm³/mol.